The predicted octanol–water partition coefficient (Wildman–Crippen LogP) is 4.56. The van der Waals surface area contributed by atoms with E-state index in [4.69, 9.17) is 4.74 Å². The van der Waals surface area contributed by atoms with E-state index in [-0.39, 0.29) is 22.9 Å². The van der Waals surface area contributed by atoms with Crippen molar-refractivity contribution in [1.29, 1.82) is 0 Å². The topological polar surface area (TPSA) is 140 Å². The molecule has 10 nitrogen and oxygen atoms in total. The first kappa shape index (κ1) is 25.8. The molecule has 10 heteroatoms. The number of anilines is 1. The summed E-state index contributed by atoms with van der Waals surface area (Å²) in [6, 6.07) is 17.9. The number of esters is 1. The first-order chi connectivity index (χ1) is 17.0. The number of nitro groups is 1. The SMILES string of the molecule is CC(C)(C)C(=O)Nc1ccc(C(=O)NN=Cc2ccccc2OC(=O)c2ccc([N+](=O)[O-])cc2)cc1. The Bertz CT molecular complexity index is 1310. The second kappa shape index (κ2) is 11.0. The number of benzene rings is 3. The summed E-state index contributed by atoms with van der Waals surface area (Å²) in [5.41, 5.74) is 3.18. The van der Waals surface area contributed by atoms with Crippen LogP contribution >= 0.6 is 0 Å². The standard InChI is InChI=1S/C26H24N4O6/c1-26(2,3)25(33)28-20-12-8-17(9-13-20)23(31)29-27-16-19-6-4-5-7-22(19)36-24(32)18-10-14-21(15-11-18)30(34)35/h4-16H,1-3H3,(H,28,33)(H,29,31). The fourth-order valence-corrected chi connectivity index (χ4v) is 2.81. The fraction of sp³-hybridized carbons (Fsp3) is 0.154. The molecule has 0 unspecified atom stereocenters. The Morgan fingerprint density at radius 1 is 0.917 bits per heavy atom. The number of amides is 2. The number of carbonyl (C=O) groups excluding carboxylic acids is 3. The summed E-state index contributed by atoms with van der Waals surface area (Å²) >= 11 is 0. The molecule has 0 aromatic heterocycles. The molecule has 184 valence electrons. The van der Waals surface area contributed by atoms with E-state index in [1.165, 1.54) is 30.5 Å². The lowest BCUT2D eigenvalue weighted by Gasteiger charge is -2.17. The number of nitro benzene ring substituents is 1. The van der Waals surface area contributed by atoms with Gasteiger partial charge in [0.1, 0.15) is 5.75 Å². The van der Waals surface area contributed by atoms with Gasteiger partial charge in [-0.05, 0) is 48.5 Å². The summed E-state index contributed by atoms with van der Waals surface area (Å²) < 4.78 is 5.40. The third kappa shape index (κ3) is 6.83. The summed E-state index contributed by atoms with van der Waals surface area (Å²) in [7, 11) is 0. The van der Waals surface area contributed by atoms with Crippen LogP contribution < -0.4 is 15.5 Å². The normalized spacial score (nSPS) is 11.1. The highest BCUT2D eigenvalue weighted by Crippen LogP contribution is 2.20. The Morgan fingerprint density at radius 3 is 2.14 bits per heavy atom. The van der Waals surface area contributed by atoms with Crippen LogP contribution in [0.15, 0.2) is 77.9 Å². The lowest BCUT2D eigenvalue weighted by Crippen LogP contribution is -2.27. The highest BCUT2D eigenvalue weighted by atomic mass is 16.6. The summed E-state index contributed by atoms with van der Waals surface area (Å²) in [6.45, 7) is 5.41. The van der Waals surface area contributed by atoms with Crippen LogP contribution in [0.4, 0.5) is 11.4 Å². The van der Waals surface area contributed by atoms with E-state index >= 15 is 0 Å². The van der Waals surface area contributed by atoms with Crippen LogP contribution in [0, 0.1) is 15.5 Å². The van der Waals surface area contributed by atoms with Crippen LogP contribution in [-0.2, 0) is 4.79 Å². The van der Waals surface area contributed by atoms with E-state index in [9.17, 15) is 24.5 Å². The molecule has 3 aromatic rings. The number of nitrogens with one attached hydrogen (secondary N) is 2. The van der Waals surface area contributed by atoms with Gasteiger partial charge in [0.2, 0.25) is 5.91 Å². The molecule has 0 fully saturated rings. The van der Waals surface area contributed by atoms with Crippen LogP contribution in [0.5, 0.6) is 5.75 Å². The molecule has 0 heterocycles. The second-order valence-electron chi connectivity index (χ2n) is 8.71. The smallest absolute Gasteiger partial charge is 0.343 e. The third-order valence-corrected chi connectivity index (χ3v) is 4.89. The molecule has 0 saturated heterocycles. The minimum atomic E-state index is -0.701. The van der Waals surface area contributed by atoms with E-state index in [1.807, 2.05) is 0 Å². The molecule has 0 bridgehead atoms. The van der Waals surface area contributed by atoms with Crippen molar-refractivity contribution in [3.05, 3.63) is 99.6 Å². The molecule has 0 atom stereocenters. The summed E-state index contributed by atoms with van der Waals surface area (Å²) in [5, 5.41) is 17.5. The number of nitrogens with zero attached hydrogens (tertiary/aromatic N) is 2. The van der Waals surface area contributed by atoms with Gasteiger partial charge in [0.15, 0.2) is 0 Å². The van der Waals surface area contributed by atoms with Crippen LogP contribution in [0.1, 0.15) is 47.1 Å². The zero-order valence-corrected chi connectivity index (χ0v) is 19.8. The van der Waals surface area contributed by atoms with Crippen LogP contribution in [0.3, 0.4) is 0 Å². The molecule has 0 saturated carbocycles. The second-order valence-corrected chi connectivity index (χ2v) is 8.71. The Kier molecular flexibility index (Phi) is 7.90. The van der Waals surface area contributed by atoms with Gasteiger partial charge in [0.05, 0.1) is 16.7 Å². The highest BCUT2D eigenvalue weighted by molar-refractivity contribution is 5.98. The zero-order valence-electron chi connectivity index (χ0n) is 19.8. The van der Waals surface area contributed by atoms with E-state index in [2.05, 4.69) is 15.8 Å². The molecular formula is C26H24N4O6. The maximum atomic E-state index is 12.4. The molecular weight excluding hydrogens is 464 g/mol. The number of hydrogen-bond acceptors (Lipinski definition) is 7. The summed E-state index contributed by atoms with van der Waals surface area (Å²) in [6.07, 6.45) is 1.33. The minimum absolute atomic E-state index is 0.140. The molecule has 2 N–H and O–H groups in total. The quantitative estimate of drug-likeness (QED) is 0.164. The molecule has 0 spiro atoms. The molecule has 0 aliphatic carbocycles. The predicted molar refractivity (Wildman–Crippen MR) is 134 cm³/mol. The van der Waals surface area contributed by atoms with Gasteiger partial charge >= 0.3 is 5.97 Å². The van der Waals surface area contributed by atoms with Crippen LogP contribution in [0.2, 0.25) is 0 Å². The van der Waals surface area contributed by atoms with Crippen molar-refractivity contribution in [2.24, 2.45) is 10.5 Å². The molecule has 2 amide bonds. The number of non-ortho nitro benzene ring substituents is 1. The van der Waals surface area contributed by atoms with Crippen molar-refractivity contribution >= 4 is 35.4 Å². The number of hydrogen-bond donors (Lipinski definition) is 2. The van der Waals surface area contributed by atoms with Crippen LogP contribution in [0.25, 0.3) is 0 Å². The number of rotatable bonds is 7. The Labute approximate surface area is 207 Å². The van der Waals surface area contributed by atoms with Crippen molar-refractivity contribution in [2.45, 2.75) is 20.8 Å². The van der Waals surface area contributed by atoms with E-state index in [0.717, 1.165) is 0 Å². The first-order valence-corrected chi connectivity index (χ1v) is 10.8. The number of hydrazone groups is 1. The lowest BCUT2D eigenvalue weighted by molar-refractivity contribution is -0.384. The fourth-order valence-electron chi connectivity index (χ4n) is 2.81. The van der Waals surface area contributed by atoms with E-state index in [0.29, 0.717) is 16.8 Å². The molecule has 0 radical (unpaired) electrons. The van der Waals surface area contributed by atoms with Crippen molar-refractivity contribution in [2.75, 3.05) is 5.32 Å². The molecule has 0 aliphatic heterocycles. The first-order valence-electron chi connectivity index (χ1n) is 10.8. The van der Waals surface area contributed by atoms with Crippen LogP contribution in [-0.4, -0.2) is 28.9 Å². The largest absolute Gasteiger partial charge is 0.422 e. The highest BCUT2D eigenvalue weighted by Gasteiger charge is 2.21. The zero-order chi connectivity index (χ0) is 26.3. The van der Waals surface area contributed by atoms with E-state index < -0.39 is 22.2 Å². The monoisotopic (exact) mass is 488 g/mol. The van der Waals surface area contributed by atoms with Gasteiger partial charge in [0, 0.05) is 34.4 Å². The molecule has 3 rings (SSSR count). The Morgan fingerprint density at radius 2 is 1.53 bits per heavy atom. The van der Waals surface area contributed by atoms with Crippen molar-refractivity contribution in [1.82, 2.24) is 5.43 Å². The Hall–Kier alpha value is -4.86. The molecule has 36 heavy (non-hydrogen) atoms. The van der Waals surface area contributed by atoms with Gasteiger partial charge in [-0.25, -0.2) is 10.2 Å². The summed E-state index contributed by atoms with van der Waals surface area (Å²) in [5.74, 6) is -1.12. The van der Waals surface area contributed by atoms with Crippen molar-refractivity contribution < 1.29 is 24.0 Å². The molecule has 3 aromatic carbocycles. The van der Waals surface area contributed by atoms with Gasteiger partial charge in [-0.15, -0.1) is 0 Å². The minimum Gasteiger partial charge on any atom is -0.422 e. The third-order valence-electron chi connectivity index (χ3n) is 4.89. The number of carbonyl (C=O) groups is 3. The maximum absolute atomic E-state index is 12.4. The summed E-state index contributed by atoms with van der Waals surface area (Å²) in [4.78, 5) is 47.1. The number of para-hydroxylation sites is 1. The number of ether oxygens (including phenoxy) is 1. The Balaban J connectivity index is 1.62. The average Bonchev–Trinajstić information content (AvgIpc) is 2.85. The molecule has 0 aliphatic rings. The van der Waals surface area contributed by atoms with Crippen molar-refractivity contribution in [3.8, 4) is 5.75 Å². The van der Waals surface area contributed by atoms with E-state index in [1.54, 1.807) is 69.3 Å². The van der Waals surface area contributed by atoms with Gasteiger partial charge in [-0.2, -0.15) is 5.10 Å². The lowest BCUT2D eigenvalue weighted by atomic mass is 9.95. The van der Waals surface area contributed by atoms with Gasteiger partial charge in [0.25, 0.3) is 11.6 Å². The van der Waals surface area contributed by atoms with Gasteiger partial charge in [-0.1, -0.05) is 32.9 Å². The van der Waals surface area contributed by atoms with Crippen molar-refractivity contribution in [3.63, 3.8) is 0 Å². The van der Waals surface area contributed by atoms with Gasteiger partial charge < -0.3 is 10.1 Å². The average molecular weight is 489 g/mol. The van der Waals surface area contributed by atoms with Gasteiger partial charge in [-0.3, -0.25) is 19.7 Å². The maximum Gasteiger partial charge on any atom is 0.343 e.